The number of halogens is 3. The van der Waals surface area contributed by atoms with Crippen LogP contribution in [0.2, 0.25) is 0 Å². The van der Waals surface area contributed by atoms with Gasteiger partial charge in [0, 0.05) is 25.0 Å². The SMILES string of the molecule is CCOc1ccc(NC(=O)CN(C)c2ccc(C(F)(F)F)cn2)cc1OCC. The zero-order valence-electron chi connectivity index (χ0n) is 15.8. The lowest BCUT2D eigenvalue weighted by atomic mass is 10.2. The summed E-state index contributed by atoms with van der Waals surface area (Å²) in [7, 11) is 1.57. The summed E-state index contributed by atoms with van der Waals surface area (Å²) in [4.78, 5) is 17.5. The highest BCUT2D eigenvalue weighted by atomic mass is 19.4. The third-order valence-corrected chi connectivity index (χ3v) is 3.67. The van der Waals surface area contributed by atoms with Crippen LogP contribution >= 0.6 is 0 Å². The molecule has 0 aliphatic carbocycles. The Morgan fingerprint density at radius 1 is 1.11 bits per heavy atom. The van der Waals surface area contributed by atoms with Gasteiger partial charge in [0.05, 0.1) is 25.3 Å². The van der Waals surface area contributed by atoms with E-state index >= 15 is 0 Å². The average Bonchev–Trinajstić information content (AvgIpc) is 2.63. The molecule has 2 aromatic rings. The number of benzene rings is 1. The predicted molar refractivity (Wildman–Crippen MR) is 99.9 cm³/mol. The Balaban J connectivity index is 2.02. The van der Waals surface area contributed by atoms with Crippen LogP contribution in [0.4, 0.5) is 24.7 Å². The normalized spacial score (nSPS) is 11.1. The smallest absolute Gasteiger partial charge is 0.417 e. The van der Waals surface area contributed by atoms with Crippen LogP contribution in [0.15, 0.2) is 36.5 Å². The number of anilines is 2. The Morgan fingerprint density at radius 2 is 1.79 bits per heavy atom. The molecule has 0 spiro atoms. The first-order valence-corrected chi connectivity index (χ1v) is 8.68. The number of carbonyl (C=O) groups excluding carboxylic acids is 1. The van der Waals surface area contributed by atoms with E-state index in [-0.39, 0.29) is 18.3 Å². The molecular formula is C19H22F3N3O3. The van der Waals surface area contributed by atoms with Crippen molar-refractivity contribution in [3.8, 4) is 11.5 Å². The number of pyridine rings is 1. The summed E-state index contributed by atoms with van der Waals surface area (Å²) in [5.41, 5.74) is -0.322. The molecule has 2 rings (SSSR count). The summed E-state index contributed by atoms with van der Waals surface area (Å²) < 4.78 is 48.8. The van der Waals surface area contributed by atoms with Crippen LogP contribution in [0, 0.1) is 0 Å². The maximum atomic E-state index is 12.6. The van der Waals surface area contributed by atoms with Crippen molar-refractivity contribution in [1.29, 1.82) is 0 Å². The number of carbonyl (C=O) groups is 1. The first-order chi connectivity index (χ1) is 13.2. The van der Waals surface area contributed by atoms with Gasteiger partial charge in [-0.05, 0) is 38.1 Å². The largest absolute Gasteiger partial charge is 0.490 e. The number of aromatic nitrogens is 1. The molecule has 0 radical (unpaired) electrons. The molecule has 0 aliphatic heterocycles. The fraction of sp³-hybridized carbons (Fsp3) is 0.368. The van der Waals surface area contributed by atoms with Gasteiger partial charge in [-0.25, -0.2) is 4.98 Å². The van der Waals surface area contributed by atoms with E-state index in [1.807, 2.05) is 13.8 Å². The minimum absolute atomic E-state index is 0.0878. The molecule has 6 nitrogen and oxygen atoms in total. The van der Waals surface area contributed by atoms with E-state index in [9.17, 15) is 18.0 Å². The van der Waals surface area contributed by atoms with Crippen LogP contribution in [0.25, 0.3) is 0 Å². The highest BCUT2D eigenvalue weighted by molar-refractivity contribution is 5.94. The molecule has 0 saturated heterocycles. The monoisotopic (exact) mass is 397 g/mol. The van der Waals surface area contributed by atoms with Gasteiger partial charge in [0.1, 0.15) is 5.82 Å². The van der Waals surface area contributed by atoms with Crippen LogP contribution in [-0.2, 0) is 11.0 Å². The maximum absolute atomic E-state index is 12.6. The molecule has 1 amide bonds. The molecule has 1 N–H and O–H groups in total. The van der Waals surface area contributed by atoms with Crippen molar-refractivity contribution in [1.82, 2.24) is 4.98 Å². The zero-order valence-corrected chi connectivity index (χ0v) is 15.8. The van der Waals surface area contributed by atoms with E-state index in [4.69, 9.17) is 9.47 Å². The standard InChI is InChI=1S/C19H22F3N3O3/c1-4-27-15-8-7-14(10-16(15)28-5-2)24-18(26)12-25(3)17-9-6-13(11-23-17)19(20,21)22/h6-11H,4-5,12H2,1-3H3,(H,24,26). The number of hydrogen-bond donors (Lipinski definition) is 1. The molecule has 0 atom stereocenters. The zero-order chi connectivity index (χ0) is 20.7. The third-order valence-electron chi connectivity index (χ3n) is 3.67. The van der Waals surface area contributed by atoms with Gasteiger partial charge >= 0.3 is 6.18 Å². The molecule has 0 unspecified atom stereocenters. The van der Waals surface area contributed by atoms with Gasteiger partial charge in [-0.3, -0.25) is 4.79 Å². The summed E-state index contributed by atoms with van der Waals surface area (Å²) in [6.07, 6.45) is -3.71. The van der Waals surface area contributed by atoms with Crippen molar-refractivity contribution in [3.05, 3.63) is 42.1 Å². The molecule has 1 aromatic heterocycles. The fourth-order valence-corrected chi connectivity index (χ4v) is 2.41. The van der Waals surface area contributed by atoms with E-state index in [0.29, 0.717) is 30.4 Å². The van der Waals surface area contributed by atoms with E-state index < -0.39 is 11.7 Å². The molecule has 0 aliphatic rings. The highest BCUT2D eigenvalue weighted by Gasteiger charge is 2.30. The van der Waals surface area contributed by atoms with Gasteiger partial charge in [-0.1, -0.05) is 0 Å². The van der Waals surface area contributed by atoms with Gasteiger partial charge in [-0.2, -0.15) is 13.2 Å². The first kappa shape index (κ1) is 21.3. The Kier molecular flexibility index (Phi) is 7.08. The lowest BCUT2D eigenvalue weighted by Gasteiger charge is -2.18. The van der Waals surface area contributed by atoms with Crippen LogP contribution in [-0.4, -0.2) is 37.7 Å². The molecule has 0 bridgehead atoms. The van der Waals surface area contributed by atoms with E-state index in [1.165, 1.54) is 11.0 Å². The fourth-order valence-electron chi connectivity index (χ4n) is 2.41. The molecule has 0 saturated carbocycles. The first-order valence-electron chi connectivity index (χ1n) is 8.68. The van der Waals surface area contributed by atoms with Crippen molar-refractivity contribution in [2.24, 2.45) is 0 Å². The number of nitrogens with zero attached hydrogens (tertiary/aromatic N) is 2. The van der Waals surface area contributed by atoms with Crippen molar-refractivity contribution in [2.45, 2.75) is 20.0 Å². The summed E-state index contributed by atoms with van der Waals surface area (Å²) in [6.45, 7) is 4.54. The highest BCUT2D eigenvalue weighted by Crippen LogP contribution is 2.31. The van der Waals surface area contributed by atoms with Gasteiger partial charge in [-0.15, -0.1) is 0 Å². The second-order valence-corrected chi connectivity index (χ2v) is 5.83. The molecule has 152 valence electrons. The van der Waals surface area contributed by atoms with E-state index in [1.54, 1.807) is 25.2 Å². The second-order valence-electron chi connectivity index (χ2n) is 5.83. The van der Waals surface area contributed by atoms with Crippen molar-refractivity contribution < 1.29 is 27.4 Å². The van der Waals surface area contributed by atoms with Crippen molar-refractivity contribution in [2.75, 3.05) is 37.0 Å². The number of likely N-dealkylation sites (N-methyl/N-ethyl adjacent to an activating group) is 1. The maximum Gasteiger partial charge on any atom is 0.417 e. The molecular weight excluding hydrogens is 375 g/mol. The second kappa shape index (κ2) is 9.29. The van der Waals surface area contributed by atoms with Crippen LogP contribution in [0.1, 0.15) is 19.4 Å². The molecule has 9 heteroatoms. The Bertz CT molecular complexity index is 795. The van der Waals surface area contributed by atoms with Gasteiger partial charge in [0.2, 0.25) is 5.91 Å². The molecule has 1 heterocycles. The van der Waals surface area contributed by atoms with Crippen LogP contribution in [0.5, 0.6) is 11.5 Å². The number of ether oxygens (including phenoxy) is 2. The number of amides is 1. The van der Waals surface area contributed by atoms with E-state index in [0.717, 1.165) is 12.3 Å². The van der Waals surface area contributed by atoms with Crippen molar-refractivity contribution in [3.63, 3.8) is 0 Å². The van der Waals surface area contributed by atoms with Crippen LogP contribution in [0.3, 0.4) is 0 Å². The minimum atomic E-state index is -4.45. The summed E-state index contributed by atoms with van der Waals surface area (Å²) in [5, 5.41) is 2.72. The third kappa shape index (κ3) is 5.77. The Hall–Kier alpha value is -2.97. The minimum Gasteiger partial charge on any atom is -0.490 e. The number of hydrogen-bond acceptors (Lipinski definition) is 5. The van der Waals surface area contributed by atoms with Crippen LogP contribution < -0.4 is 19.7 Å². The summed E-state index contributed by atoms with van der Waals surface area (Å²) >= 11 is 0. The van der Waals surface area contributed by atoms with E-state index in [2.05, 4.69) is 10.3 Å². The van der Waals surface area contributed by atoms with Gasteiger partial charge < -0.3 is 19.7 Å². The molecule has 28 heavy (non-hydrogen) atoms. The Morgan fingerprint density at radius 3 is 2.36 bits per heavy atom. The lowest BCUT2D eigenvalue weighted by molar-refractivity contribution is -0.137. The van der Waals surface area contributed by atoms with Gasteiger partial charge in [0.25, 0.3) is 0 Å². The summed E-state index contributed by atoms with van der Waals surface area (Å²) in [5.74, 6) is 0.994. The predicted octanol–water partition coefficient (Wildman–Crippen LogP) is 3.97. The van der Waals surface area contributed by atoms with Crippen molar-refractivity contribution >= 4 is 17.4 Å². The number of rotatable bonds is 8. The summed E-state index contributed by atoms with van der Waals surface area (Å²) in [6, 6.07) is 7.19. The Labute approximate surface area is 161 Å². The quantitative estimate of drug-likeness (QED) is 0.730. The lowest BCUT2D eigenvalue weighted by Crippen LogP contribution is -2.30. The number of alkyl halides is 3. The molecule has 1 aromatic carbocycles. The average molecular weight is 397 g/mol. The number of nitrogens with one attached hydrogen (secondary N) is 1. The van der Waals surface area contributed by atoms with Gasteiger partial charge in [0.15, 0.2) is 11.5 Å². The molecule has 0 fully saturated rings. The topological polar surface area (TPSA) is 63.7 Å².